The maximum absolute atomic E-state index is 13.1. The van der Waals surface area contributed by atoms with Crippen LogP contribution in [-0.4, -0.2) is 52.8 Å². The number of hydrogen-bond donors (Lipinski definition) is 2. The second-order valence-electron chi connectivity index (χ2n) is 7.26. The zero-order valence-electron chi connectivity index (χ0n) is 19.6. The summed E-state index contributed by atoms with van der Waals surface area (Å²) in [4.78, 5) is 26.4. The molecule has 0 aliphatic rings. The average Bonchev–Trinajstić information content (AvgIpc) is 3.44. The Hall–Kier alpha value is -4.38. The van der Waals surface area contributed by atoms with E-state index in [0.717, 1.165) is 15.4 Å². The molecule has 0 saturated carbocycles. The van der Waals surface area contributed by atoms with Crippen molar-refractivity contribution in [1.82, 2.24) is 20.6 Å². The zero-order chi connectivity index (χ0) is 25.3. The van der Waals surface area contributed by atoms with Gasteiger partial charge in [0.2, 0.25) is 0 Å². The quantitative estimate of drug-likeness (QED) is 0.304. The summed E-state index contributed by atoms with van der Waals surface area (Å²) in [6, 6.07) is 19.9. The smallest absolute Gasteiger partial charge is 0.344 e. The Morgan fingerprint density at radius 1 is 1.00 bits per heavy atom. The van der Waals surface area contributed by atoms with E-state index in [4.69, 9.17) is 14.2 Å². The molecule has 1 amide bonds. The Kier molecular flexibility index (Phi) is 8.14. The SMILES string of the molecule is CCOC(=O)COc1ccc(C(=O)Nc2ccccc2Sc2ccccc2-c2nnn[nH]2)cc1OC. The first-order valence-electron chi connectivity index (χ1n) is 11.0. The molecule has 10 nitrogen and oxygen atoms in total. The van der Waals surface area contributed by atoms with Gasteiger partial charge in [-0.15, -0.1) is 5.10 Å². The standard InChI is InChI=1S/C25H23N5O5S/c1-3-34-23(31)15-35-19-13-12-16(14-20(19)33-2)25(32)26-18-9-5-7-11-22(18)36-21-10-6-4-8-17(21)24-27-29-30-28-24/h4-14H,3,15H2,1-2H3,(H,26,32)(H,27,28,29,30). The Balaban J connectivity index is 1.51. The van der Waals surface area contributed by atoms with Crippen LogP contribution >= 0.6 is 11.8 Å². The van der Waals surface area contributed by atoms with Crippen molar-refractivity contribution in [1.29, 1.82) is 0 Å². The number of amides is 1. The van der Waals surface area contributed by atoms with E-state index in [0.29, 0.717) is 28.6 Å². The molecule has 1 heterocycles. The number of nitrogens with one attached hydrogen (secondary N) is 2. The van der Waals surface area contributed by atoms with E-state index in [-0.39, 0.29) is 19.1 Å². The van der Waals surface area contributed by atoms with E-state index in [2.05, 4.69) is 25.9 Å². The largest absolute Gasteiger partial charge is 0.493 e. The first-order valence-corrected chi connectivity index (χ1v) is 11.8. The van der Waals surface area contributed by atoms with Crippen LogP contribution in [-0.2, 0) is 9.53 Å². The number of benzene rings is 3. The van der Waals surface area contributed by atoms with E-state index in [1.165, 1.54) is 18.9 Å². The molecule has 11 heteroatoms. The van der Waals surface area contributed by atoms with E-state index in [9.17, 15) is 9.59 Å². The molecule has 36 heavy (non-hydrogen) atoms. The van der Waals surface area contributed by atoms with Gasteiger partial charge >= 0.3 is 5.97 Å². The van der Waals surface area contributed by atoms with Crippen molar-refractivity contribution in [3.63, 3.8) is 0 Å². The average molecular weight is 506 g/mol. The van der Waals surface area contributed by atoms with E-state index >= 15 is 0 Å². The lowest BCUT2D eigenvalue weighted by molar-refractivity contribution is -0.145. The number of aromatic amines is 1. The fourth-order valence-corrected chi connectivity index (χ4v) is 4.30. The molecule has 4 aromatic rings. The molecule has 0 atom stereocenters. The van der Waals surface area contributed by atoms with Crippen molar-refractivity contribution in [3.8, 4) is 22.9 Å². The number of hydrogen-bond acceptors (Lipinski definition) is 9. The third-order valence-corrected chi connectivity index (χ3v) is 6.07. The third kappa shape index (κ3) is 5.99. The second-order valence-corrected chi connectivity index (χ2v) is 8.34. The lowest BCUT2D eigenvalue weighted by atomic mass is 10.2. The Morgan fingerprint density at radius 2 is 1.78 bits per heavy atom. The number of carbonyl (C=O) groups is 2. The lowest BCUT2D eigenvalue weighted by Gasteiger charge is -2.14. The monoisotopic (exact) mass is 505 g/mol. The molecule has 0 aliphatic heterocycles. The predicted octanol–water partition coefficient (Wildman–Crippen LogP) is 4.22. The number of ether oxygens (including phenoxy) is 3. The van der Waals surface area contributed by atoms with Gasteiger partial charge < -0.3 is 19.5 Å². The number of tetrazole rings is 1. The summed E-state index contributed by atoms with van der Waals surface area (Å²) in [6.45, 7) is 1.72. The van der Waals surface area contributed by atoms with E-state index in [1.807, 2.05) is 48.5 Å². The van der Waals surface area contributed by atoms with Gasteiger partial charge in [-0.05, 0) is 59.8 Å². The number of para-hydroxylation sites is 1. The van der Waals surface area contributed by atoms with E-state index in [1.54, 1.807) is 25.1 Å². The van der Waals surface area contributed by atoms with Gasteiger partial charge in [-0.25, -0.2) is 9.89 Å². The van der Waals surface area contributed by atoms with Crippen LogP contribution in [0, 0.1) is 0 Å². The van der Waals surface area contributed by atoms with Crippen molar-refractivity contribution < 1.29 is 23.8 Å². The van der Waals surface area contributed by atoms with Crippen LogP contribution in [0.2, 0.25) is 0 Å². The van der Waals surface area contributed by atoms with Gasteiger partial charge in [-0.1, -0.05) is 36.0 Å². The summed E-state index contributed by atoms with van der Waals surface area (Å²) in [5, 5.41) is 17.1. The molecular formula is C25H23N5O5S. The number of carbonyl (C=O) groups excluding carboxylic acids is 2. The molecule has 0 bridgehead atoms. The minimum Gasteiger partial charge on any atom is -0.493 e. The number of nitrogens with zero attached hydrogens (tertiary/aromatic N) is 3. The fraction of sp³-hybridized carbons (Fsp3) is 0.160. The van der Waals surface area contributed by atoms with Gasteiger partial charge in [0, 0.05) is 20.9 Å². The molecule has 3 aromatic carbocycles. The summed E-state index contributed by atoms with van der Waals surface area (Å²) in [5.74, 6) is 0.389. The summed E-state index contributed by atoms with van der Waals surface area (Å²) >= 11 is 1.48. The summed E-state index contributed by atoms with van der Waals surface area (Å²) in [7, 11) is 1.46. The normalized spacial score (nSPS) is 10.5. The molecule has 0 saturated heterocycles. The van der Waals surface area contributed by atoms with Crippen LogP contribution in [0.5, 0.6) is 11.5 Å². The van der Waals surface area contributed by atoms with Crippen LogP contribution in [0.1, 0.15) is 17.3 Å². The fourth-order valence-electron chi connectivity index (χ4n) is 3.26. The van der Waals surface area contributed by atoms with Crippen LogP contribution in [0.15, 0.2) is 76.5 Å². The lowest BCUT2D eigenvalue weighted by Crippen LogP contribution is -2.15. The molecule has 0 fully saturated rings. The van der Waals surface area contributed by atoms with Gasteiger partial charge in [0.25, 0.3) is 5.91 Å². The van der Waals surface area contributed by atoms with Gasteiger partial charge in [0.05, 0.1) is 19.4 Å². The number of esters is 1. The molecule has 184 valence electrons. The highest BCUT2D eigenvalue weighted by atomic mass is 32.2. The summed E-state index contributed by atoms with van der Waals surface area (Å²) in [6.07, 6.45) is 0. The number of H-pyrrole nitrogens is 1. The summed E-state index contributed by atoms with van der Waals surface area (Å²) < 4.78 is 15.7. The van der Waals surface area contributed by atoms with Gasteiger partial charge in [-0.3, -0.25) is 4.79 Å². The van der Waals surface area contributed by atoms with E-state index < -0.39 is 5.97 Å². The highest BCUT2D eigenvalue weighted by Gasteiger charge is 2.16. The maximum Gasteiger partial charge on any atom is 0.344 e. The van der Waals surface area contributed by atoms with Crippen molar-refractivity contribution in [3.05, 3.63) is 72.3 Å². The number of anilines is 1. The van der Waals surface area contributed by atoms with Crippen LogP contribution < -0.4 is 14.8 Å². The number of rotatable bonds is 10. The minimum absolute atomic E-state index is 0.258. The highest BCUT2D eigenvalue weighted by Crippen LogP contribution is 2.38. The van der Waals surface area contributed by atoms with Gasteiger partial charge in [-0.2, -0.15) is 0 Å². The Morgan fingerprint density at radius 3 is 2.53 bits per heavy atom. The predicted molar refractivity (Wildman–Crippen MR) is 133 cm³/mol. The third-order valence-electron chi connectivity index (χ3n) is 4.92. The minimum atomic E-state index is -0.489. The van der Waals surface area contributed by atoms with Gasteiger partial charge in [0.15, 0.2) is 23.9 Å². The zero-order valence-corrected chi connectivity index (χ0v) is 20.4. The molecule has 2 N–H and O–H groups in total. The molecule has 4 rings (SSSR count). The van der Waals surface area contributed by atoms with Crippen molar-refractivity contribution in [2.24, 2.45) is 0 Å². The Bertz CT molecular complexity index is 1350. The van der Waals surface area contributed by atoms with Crippen molar-refractivity contribution >= 4 is 29.3 Å². The Labute approximate surface area is 211 Å². The topological polar surface area (TPSA) is 128 Å². The highest BCUT2D eigenvalue weighted by molar-refractivity contribution is 7.99. The maximum atomic E-state index is 13.1. The first kappa shape index (κ1) is 24.7. The summed E-state index contributed by atoms with van der Waals surface area (Å²) in [5.41, 5.74) is 1.85. The molecule has 0 spiro atoms. The second kappa shape index (κ2) is 11.8. The molecule has 1 aromatic heterocycles. The van der Waals surface area contributed by atoms with Crippen LogP contribution in [0.4, 0.5) is 5.69 Å². The molecule has 0 unspecified atom stereocenters. The van der Waals surface area contributed by atoms with Gasteiger partial charge in [0.1, 0.15) is 0 Å². The van der Waals surface area contributed by atoms with Crippen LogP contribution in [0.25, 0.3) is 11.4 Å². The first-order chi connectivity index (χ1) is 17.6. The molecule has 0 aliphatic carbocycles. The number of methoxy groups -OCH3 is 1. The molecular weight excluding hydrogens is 482 g/mol. The van der Waals surface area contributed by atoms with Crippen molar-refractivity contribution in [2.45, 2.75) is 16.7 Å². The number of aromatic nitrogens is 4. The van der Waals surface area contributed by atoms with Crippen molar-refractivity contribution in [2.75, 3.05) is 25.6 Å². The molecule has 0 radical (unpaired) electrons. The van der Waals surface area contributed by atoms with Crippen LogP contribution in [0.3, 0.4) is 0 Å².